The van der Waals surface area contributed by atoms with E-state index in [9.17, 15) is 9.59 Å². The lowest BCUT2D eigenvalue weighted by molar-refractivity contribution is -0.137. The number of aliphatic carboxylic acids is 1. The number of carbonyl (C=O) groups excluding carboxylic acids is 1. The van der Waals surface area contributed by atoms with Crippen LogP contribution in [-0.4, -0.2) is 29.9 Å². The van der Waals surface area contributed by atoms with Crippen molar-refractivity contribution in [1.82, 2.24) is 0 Å². The van der Waals surface area contributed by atoms with Crippen molar-refractivity contribution in [3.05, 3.63) is 29.8 Å². The Balaban J connectivity index is 2.13. The maximum atomic E-state index is 11.9. The van der Waals surface area contributed by atoms with Crippen LogP contribution >= 0.6 is 0 Å². The quantitative estimate of drug-likeness (QED) is 0.887. The molecule has 4 nitrogen and oxygen atoms in total. The molecule has 0 radical (unpaired) electrons. The number of Topliss-reactive ketones (excluding diaryl/α,β-unsaturated/α-hetero) is 1. The molecular weight excluding hydrogens is 230 g/mol. The van der Waals surface area contributed by atoms with Crippen molar-refractivity contribution in [2.45, 2.75) is 25.7 Å². The van der Waals surface area contributed by atoms with E-state index in [0.29, 0.717) is 19.4 Å². The van der Waals surface area contributed by atoms with Crippen molar-refractivity contribution >= 4 is 17.4 Å². The molecule has 0 unspecified atom stereocenters. The first-order valence-electron chi connectivity index (χ1n) is 6.27. The predicted molar refractivity (Wildman–Crippen MR) is 69.1 cm³/mol. The molecule has 0 bridgehead atoms. The molecule has 0 aliphatic carbocycles. The number of anilines is 1. The molecule has 0 saturated heterocycles. The van der Waals surface area contributed by atoms with Crippen molar-refractivity contribution < 1.29 is 14.7 Å². The van der Waals surface area contributed by atoms with Crippen LogP contribution in [0.3, 0.4) is 0 Å². The first kappa shape index (κ1) is 12.6. The highest BCUT2D eigenvalue weighted by Gasteiger charge is 2.19. The molecule has 1 aromatic carbocycles. The third-order valence-electron chi connectivity index (χ3n) is 3.20. The highest BCUT2D eigenvalue weighted by atomic mass is 16.4. The van der Waals surface area contributed by atoms with Crippen LogP contribution in [0.25, 0.3) is 0 Å². The van der Waals surface area contributed by atoms with E-state index in [1.807, 2.05) is 24.3 Å². The van der Waals surface area contributed by atoms with Gasteiger partial charge < -0.3 is 10.0 Å². The fourth-order valence-electron chi connectivity index (χ4n) is 2.32. The number of hydrogen-bond acceptors (Lipinski definition) is 3. The topological polar surface area (TPSA) is 57.6 Å². The summed E-state index contributed by atoms with van der Waals surface area (Å²) in [5.41, 5.74) is 1.72. The van der Waals surface area contributed by atoms with E-state index in [4.69, 9.17) is 5.11 Å². The molecule has 0 atom stereocenters. The Morgan fingerprint density at radius 1 is 1.33 bits per heavy atom. The number of benzene rings is 1. The van der Waals surface area contributed by atoms with E-state index >= 15 is 0 Å². The van der Waals surface area contributed by atoms with Gasteiger partial charge in [0.25, 0.3) is 0 Å². The number of fused-ring (bicyclic) bond motifs is 1. The predicted octanol–water partition coefficient (Wildman–Crippen LogP) is 2.33. The Labute approximate surface area is 106 Å². The summed E-state index contributed by atoms with van der Waals surface area (Å²) in [4.78, 5) is 24.6. The Hall–Kier alpha value is -1.84. The van der Waals surface area contributed by atoms with Crippen LogP contribution in [0, 0.1) is 0 Å². The van der Waals surface area contributed by atoms with Crippen LogP contribution in [0.15, 0.2) is 24.3 Å². The molecule has 2 rings (SSSR count). The van der Waals surface area contributed by atoms with Crippen molar-refractivity contribution in [2.24, 2.45) is 0 Å². The molecule has 0 fully saturated rings. The van der Waals surface area contributed by atoms with Crippen LogP contribution < -0.4 is 4.90 Å². The van der Waals surface area contributed by atoms with Crippen molar-refractivity contribution in [3.63, 3.8) is 0 Å². The lowest BCUT2D eigenvalue weighted by atomic mass is 10.1. The number of para-hydroxylation sites is 1. The monoisotopic (exact) mass is 247 g/mol. The van der Waals surface area contributed by atoms with E-state index in [1.54, 1.807) is 0 Å². The van der Waals surface area contributed by atoms with Gasteiger partial charge in [0.1, 0.15) is 0 Å². The number of carbonyl (C=O) groups is 2. The minimum atomic E-state index is -0.769. The Bertz CT molecular complexity index is 456. The Kier molecular flexibility index (Phi) is 3.97. The minimum absolute atomic E-state index is 0.173. The van der Waals surface area contributed by atoms with Gasteiger partial charge in [-0.1, -0.05) is 12.1 Å². The van der Waals surface area contributed by atoms with Gasteiger partial charge in [-0.25, -0.2) is 0 Å². The summed E-state index contributed by atoms with van der Waals surface area (Å²) in [5.74, 6) is -0.583. The lowest BCUT2D eigenvalue weighted by Crippen LogP contribution is -2.25. The zero-order chi connectivity index (χ0) is 13.0. The molecule has 0 spiro atoms. The summed E-state index contributed by atoms with van der Waals surface area (Å²) in [6.45, 7) is 1.51. The number of carboxylic acid groups (broad SMARTS) is 1. The van der Waals surface area contributed by atoms with Gasteiger partial charge in [0.2, 0.25) is 0 Å². The maximum Gasteiger partial charge on any atom is 0.303 e. The van der Waals surface area contributed by atoms with E-state index in [2.05, 4.69) is 4.90 Å². The highest BCUT2D eigenvalue weighted by Crippen LogP contribution is 2.26. The number of hydrogen-bond donors (Lipinski definition) is 1. The lowest BCUT2D eigenvalue weighted by Gasteiger charge is -2.24. The van der Waals surface area contributed by atoms with Gasteiger partial charge in [-0.15, -0.1) is 0 Å². The summed E-state index contributed by atoms with van der Waals surface area (Å²) in [6.07, 6.45) is 2.19. The van der Waals surface area contributed by atoms with E-state index < -0.39 is 5.97 Å². The average Bonchev–Trinajstić information content (AvgIpc) is 2.50. The number of nitrogens with zero attached hydrogens (tertiary/aromatic N) is 1. The van der Waals surface area contributed by atoms with Crippen LogP contribution in [0.2, 0.25) is 0 Å². The van der Waals surface area contributed by atoms with E-state index in [0.717, 1.165) is 24.2 Å². The van der Waals surface area contributed by atoms with Crippen molar-refractivity contribution in [3.8, 4) is 0 Å². The summed E-state index contributed by atoms with van der Waals surface area (Å²) in [5, 5.41) is 8.66. The fraction of sp³-hybridized carbons (Fsp3) is 0.429. The second kappa shape index (κ2) is 5.67. The minimum Gasteiger partial charge on any atom is -0.481 e. The van der Waals surface area contributed by atoms with Crippen molar-refractivity contribution in [2.75, 3.05) is 18.0 Å². The smallest absolute Gasteiger partial charge is 0.303 e. The molecule has 96 valence electrons. The fourth-order valence-corrected chi connectivity index (χ4v) is 2.32. The second-order valence-corrected chi connectivity index (χ2v) is 4.53. The third kappa shape index (κ3) is 2.88. The van der Waals surface area contributed by atoms with Gasteiger partial charge in [-0.05, 0) is 25.0 Å². The summed E-state index contributed by atoms with van der Waals surface area (Å²) < 4.78 is 0. The molecule has 1 aliphatic heterocycles. The molecule has 4 heteroatoms. The summed E-state index contributed by atoms with van der Waals surface area (Å²) >= 11 is 0. The second-order valence-electron chi connectivity index (χ2n) is 4.53. The Morgan fingerprint density at radius 2 is 2.11 bits per heavy atom. The van der Waals surface area contributed by atoms with Crippen LogP contribution in [-0.2, 0) is 4.79 Å². The maximum absolute atomic E-state index is 11.9. The molecule has 1 aliphatic rings. The summed E-state index contributed by atoms with van der Waals surface area (Å²) in [6, 6.07) is 7.59. The normalized spacial score (nSPS) is 15.1. The first-order valence-corrected chi connectivity index (χ1v) is 6.27. The van der Waals surface area contributed by atoms with E-state index in [-0.39, 0.29) is 12.2 Å². The van der Waals surface area contributed by atoms with Gasteiger partial charge in [-0.2, -0.15) is 0 Å². The molecule has 0 amide bonds. The van der Waals surface area contributed by atoms with Gasteiger partial charge >= 0.3 is 5.97 Å². The first-order chi connectivity index (χ1) is 8.68. The van der Waals surface area contributed by atoms with Crippen LogP contribution in [0.1, 0.15) is 36.0 Å². The van der Waals surface area contributed by atoms with Crippen LogP contribution in [0.4, 0.5) is 5.69 Å². The van der Waals surface area contributed by atoms with Gasteiger partial charge in [0, 0.05) is 37.2 Å². The van der Waals surface area contributed by atoms with Crippen molar-refractivity contribution in [1.29, 1.82) is 0 Å². The van der Waals surface area contributed by atoms with Gasteiger partial charge in [0.05, 0.1) is 0 Å². The molecule has 0 saturated carbocycles. The van der Waals surface area contributed by atoms with Crippen LogP contribution in [0.5, 0.6) is 0 Å². The molecule has 1 aromatic rings. The van der Waals surface area contributed by atoms with Gasteiger partial charge in [-0.3, -0.25) is 9.59 Å². The largest absolute Gasteiger partial charge is 0.481 e. The Morgan fingerprint density at radius 3 is 2.89 bits per heavy atom. The standard InChI is InChI=1S/C14H17NO3/c16-13-7-3-9-15(10-4-8-14(17)18)12-6-2-1-5-11(12)13/h1-2,5-6H,3-4,7-10H2,(H,17,18). The zero-order valence-corrected chi connectivity index (χ0v) is 10.3. The number of carboxylic acids is 1. The summed E-state index contributed by atoms with van der Waals surface area (Å²) in [7, 11) is 0. The molecule has 18 heavy (non-hydrogen) atoms. The zero-order valence-electron chi connectivity index (χ0n) is 10.3. The molecule has 1 N–H and O–H groups in total. The van der Waals surface area contributed by atoms with E-state index in [1.165, 1.54) is 0 Å². The SMILES string of the molecule is O=C(O)CCCN1CCCC(=O)c2ccccc21. The number of ketones is 1. The molecular formula is C14H17NO3. The number of rotatable bonds is 4. The highest BCUT2D eigenvalue weighted by molar-refractivity contribution is 6.01. The third-order valence-corrected chi connectivity index (χ3v) is 3.20. The van der Waals surface area contributed by atoms with Gasteiger partial charge in [0.15, 0.2) is 5.78 Å². The molecule has 1 heterocycles. The molecule has 0 aromatic heterocycles. The average molecular weight is 247 g/mol.